The predicted molar refractivity (Wildman–Crippen MR) is 93.1 cm³/mol. The lowest BCUT2D eigenvalue weighted by atomic mass is 10.00. The lowest BCUT2D eigenvalue weighted by Gasteiger charge is -2.24. The summed E-state index contributed by atoms with van der Waals surface area (Å²) in [5.74, 6) is 0.641. The standard InChI is InChI=1S/C19H17NO2S/c21-19(20-11-9-15-6-2-4-8-17(15)20)13-18-16-7-3-1-5-14(16)10-12-23(18)22/h1-9,11,18H,10,12-13H2/t18-,23+/m0/s1. The highest BCUT2D eigenvalue weighted by Crippen LogP contribution is 2.32. The third kappa shape index (κ3) is 2.53. The number of aromatic nitrogens is 1. The largest absolute Gasteiger partial charge is 0.287 e. The molecule has 0 fully saturated rings. The minimum absolute atomic E-state index is 0.00116. The van der Waals surface area contributed by atoms with Crippen LogP contribution < -0.4 is 0 Å². The van der Waals surface area contributed by atoms with Gasteiger partial charge in [0.2, 0.25) is 5.91 Å². The zero-order chi connectivity index (χ0) is 15.8. The molecule has 2 atom stereocenters. The molecule has 0 bridgehead atoms. The summed E-state index contributed by atoms with van der Waals surface area (Å²) in [5.41, 5.74) is 3.21. The van der Waals surface area contributed by atoms with Gasteiger partial charge in [-0.1, -0.05) is 42.5 Å². The monoisotopic (exact) mass is 323 g/mol. The summed E-state index contributed by atoms with van der Waals surface area (Å²) in [6, 6.07) is 17.8. The van der Waals surface area contributed by atoms with E-state index >= 15 is 0 Å². The van der Waals surface area contributed by atoms with Gasteiger partial charge in [0.15, 0.2) is 0 Å². The number of para-hydroxylation sites is 1. The van der Waals surface area contributed by atoms with Gasteiger partial charge in [-0.2, -0.15) is 0 Å². The number of hydrogen-bond donors (Lipinski definition) is 0. The third-order valence-electron chi connectivity index (χ3n) is 4.52. The predicted octanol–water partition coefficient (Wildman–Crippen LogP) is 3.72. The topological polar surface area (TPSA) is 39.1 Å². The van der Waals surface area contributed by atoms with Gasteiger partial charge in [0.1, 0.15) is 0 Å². The van der Waals surface area contributed by atoms with Crippen LogP contribution in [-0.4, -0.2) is 20.4 Å². The van der Waals surface area contributed by atoms with Crippen LogP contribution in [0.1, 0.15) is 27.6 Å². The summed E-state index contributed by atoms with van der Waals surface area (Å²) in [7, 11) is -0.989. The number of nitrogens with zero attached hydrogens (tertiary/aromatic N) is 1. The Morgan fingerprint density at radius 3 is 2.78 bits per heavy atom. The molecule has 3 nitrogen and oxygen atoms in total. The Labute approximate surface area is 137 Å². The highest BCUT2D eigenvalue weighted by molar-refractivity contribution is 7.85. The van der Waals surface area contributed by atoms with Crippen LogP contribution in [-0.2, 0) is 17.2 Å². The molecule has 116 valence electrons. The second-order valence-corrected chi connectivity index (χ2v) is 7.60. The normalized spacial score (nSPS) is 20.3. The molecule has 0 unspecified atom stereocenters. The zero-order valence-electron chi connectivity index (χ0n) is 12.6. The summed E-state index contributed by atoms with van der Waals surface area (Å²) >= 11 is 0. The molecular formula is C19H17NO2S. The van der Waals surface area contributed by atoms with E-state index in [0.29, 0.717) is 5.75 Å². The van der Waals surface area contributed by atoms with Gasteiger partial charge in [0.05, 0.1) is 10.8 Å². The Bertz CT molecular complexity index is 912. The van der Waals surface area contributed by atoms with Crippen molar-refractivity contribution in [2.24, 2.45) is 0 Å². The number of hydrogen-bond acceptors (Lipinski definition) is 2. The number of aryl methyl sites for hydroxylation is 1. The average molecular weight is 323 g/mol. The van der Waals surface area contributed by atoms with E-state index in [2.05, 4.69) is 6.07 Å². The zero-order valence-corrected chi connectivity index (χ0v) is 13.5. The molecule has 0 radical (unpaired) electrons. The summed E-state index contributed by atoms with van der Waals surface area (Å²) in [5, 5.41) is 0.847. The minimum atomic E-state index is -0.989. The molecule has 23 heavy (non-hydrogen) atoms. The molecule has 0 aliphatic carbocycles. The molecule has 4 heteroatoms. The van der Waals surface area contributed by atoms with E-state index in [4.69, 9.17) is 0 Å². The molecule has 0 amide bonds. The maximum atomic E-state index is 12.8. The Hall–Kier alpha value is -2.20. The van der Waals surface area contributed by atoms with Gasteiger partial charge in [0.25, 0.3) is 0 Å². The highest BCUT2D eigenvalue weighted by Gasteiger charge is 2.28. The van der Waals surface area contributed by atoms with Gasteiger partial charge < -0.3 is 0 Å². The quantitative estimate of drug-likeness (QED) is 0.721. The second kappa shape index (κ2) is 5.78. The van der Waals surface area contributed by atoms with Crippen molar-refractivity contribution in [3.05, 3.63) is 71.9 Å². The summed E-state index contributed by atoms with van der Waals surface area (Å²) in [4.78, 5) is 12.8. The molecular weight excluding hydrogens is 306 g/mol. The first kappa shape index (κ1) is 14.4. The van der Waals surface area contributed by atoms with Crippen molar-refractivity contribution in [3.63, 3.8) is 0 Å². The fourth-order valence-electron chi connectivity index (χ4n) is 3.33. The molecule has 0 saturated carbocycles. The SMILES string of the molecule is O=C(C[C@H]1c2ccccc2CC[S@]1=O)n1ccc2ccccc21. The number of fused-ring (bicyclic) bond motifs is 2. The van der Waals surface area contributed by atoms with Gasteiger partial charge in [-0.05, 0) is 29.7 Å². The first-order chi connectivity index (χ1) is 11.2. The number of benzene rings is 2. The van der Waals surface area contributed by atoms with Crippen LogP contribution in [0.4, 0.5) is 0 Å². The molecule has 1 aromatic heterocycles. The first-order valence-corrected chi connectivity index (χ1v) is 9.16. The van der Waals surface area contributed by atoms with Crippen molar-refractivity contribution in [2.45, 2.75) is 18.1 Å². The van der Waals surface area contributed by atoms with Crippen LogP contribution in [0.5, 0.6) is 0 Å². The lowest BCUT2D eigenvalue weighted by molar-refractivity contribution is 0.0906. The molecule has 2 heterocycles. The highest BCUT2D eigenvalue weighted by atomic mass is 32.2. The first-order valence-electron chi connectivity index (χ1n) is 7.78. The fourth-order valence-corrected chi connectivity index (χ4v) is 4.88. The van der Waals surface area contributed by atoms with Crippen molar-refractivity contribution in [1.82, 2.24) is 4.57 Å². The third-order valence-corrected chi connectivity index (χ3v) is 6.18. The van der Waals surface area contributed by atoms with E-state index in [9.17, 15) is 9.00 Å². The molecule has 0 saturated heterocycles. The van der Waals surface area contributed by atoms with Crippen molar-refractivity contribution < 1.29 is 9.00 Å². The van der Waals surface area contributed by atoms with Crippen LogP contribution in [0.15, 0.2) is 60.8 Å². The van der Waals surface area contributed by atoms with Crippen molar-refractivity contribution in [1.29, 1.82) is 0 Å². The van der Waals surface area contributed by atoms with Gasteiger partial charge in [-0.3, -0.25) is 13.6 Å². The van der Waals surface area contributed by atoms with E-state index in [1.54, 1.807) is 4.57 Å². The summed E-state index contributed by atoms with van der Waals surface area (Å²) in [6.45, 7) is 0. The molecule has 0 spiro atoms. The maximum absolute atomic E-state index is 12.8. The van der Waals surface area contributed by atoms with Crippen molar-refractivity contribution in [3.8, 4) is 0 Å². The van der Waals surface area contributed by atoms with Gasteiger partial charge in [0, 0.05) is 34.6 Å². The van der Waals surface area contributed by atoms with Crippen LogP contribution in [0.25, 0.3) is 10.9 Å². The molecule has 3 aromatic rings. The Morgan fingerprint density at radius 2 is 1.87 bits per heavy atom. The summed E-state index contributed by atoms with van der Waals surface area (Å²) in [6.07, 6.45) is 2.92. The van der Waals surface area contributed by atoms with Gasteiger partial charge in [-0.25, -0.2) is 0 Å². The molecule has 2 aromatic carbocycles. The van der Waals surface area contributed by atoms with E-state index in [1.807, 2.05) is 54.7 Å². The lowest BCUT2D eigenvalue weighted by Crippen LogP contribution is -2.23. The number of carbonyl (C=O) groups excluding carboxylic acids is 1. The number of carbonyl (C=O) groups is 1. The average Bonchev–Trinajstić information content (AvgIpc) is 3.01. The van der Waals surface area contributed by atoms with Crippen LogP contribution >= 0.6 is 0 Å². The molecule has 4 rings (SSSR count). The summed E-state index contributed by atoms with van der Waals surface area (Å²) < 4.78 is 14.2. The van der Waals surface area contributed by atoms with Gasteiger partial charge >= 0.3 is 0 Å². The van der Waals surface area contributed by atoms with Crippen molar-refractivity contribution >= 4 is 27.6 Å². The fraction of sp³-hybridized carbons (Fsp3) is 0.211. The van der Waals surface area contributed by atoms with Crippen LogP contribution in [0.2, 0.25) is 0 Å². The van der Waals surface area contributed by atoms with E-state index in [-0.39, 0.29) is 17.6 Å². The van der Waals surface area contributed by atoms with Crippen LogP contribution in [0, 0.1) is 0 Å². The Morgan fingerprint density at radius 1 is 1.09 bits per heavy atom. The second-order valence-electron chi connectivity index (χ2n) is 5.86. The van der Waals surface area contributed by atoms with Crippen molar-refractivity contribution in [2.75, 3.05) is 5.75 Å². The maximum Gasteiger partial charge on any atom is 0.232 e. The van der Waals surface area contributed by atoms with Gasteiger partial charge in [-0.15, -0.1) is 0 Å². The van der Waals surface area contributed by atoms with E-state index in [1.165, 1.54) is 5.56 Å². The molecule has 1 aliphatic heterocycles. The molecule has 0 N–H and O–H groups in total. The Balaban J connectivity index is 1.68. The van der Waals surface area contributed by atoms with E-state index in [0.717, 1.165) is 22.9 Å². The minimum Gasteiger partial charge on any atom is -0.287 e. The smallest absolute Gasteiger partial charge is 0.232 e. The number of rotatable bonds is 2. The van der Waals surface area contributed by atoms with E-state index < -0.39 is 10.8 Å². The van der Waals surface area contributed by atoms with Crippen LogP contribution in [0.3, 0.4) is 0 Å². The Kier molecular flexibility index (Phi) is 3.62. The molecule has 1 aliphatic rings.